The number of carbonyl (C=O) groups is 3. The van der Waals surface area contributed by atoms with E-state index in [0.717, 1.165) is 6.07 Å². The van der Waals surface area contributed by atoms with Crippen LogP contribution in [-0.4, -0.2) is 22.9 Å². The van der Waals surface area contributed by atoms with Crippen LogP contribution in [0.3, 0.4) is 0 Å². The maximum atomic E-state index is 13.4. The Hall–Kier alpha value is -2.44. The first-order valence-electron chi connectivity index (χ1n) is 5.99. The van der Waals surface area contributed by atoms with Gasteiger partial charge in [-0.15, -0.1) is 0 Å². The molecule has 0 spiro atoms. The predicted octanol–water partition coefficient (Wildman–Crippen LogP) is 1.44. The number of aliphatic carboxylic acids is 1. The molecule has 0 bridgehead atoms. The summed E-state index contributed by atoms with van der Waals surface area (Å²) in [6, 6.07) is 3.74. The van der Waals surface area contributed by atoms with Crippen molar-refractivity contribution < 1.29 is 23.9 Å². The second kappa shape index (κ2) is 5.28. The van der Waals surface area contributed by atoms with E-state index in [9.17, 15) is 18.8 Å². The summed E-state index contributed by atoms with van der Waals surface area (Å²) in [6.07, 6.45) is 0.306. The number of carboxylic acids is 1. The van der Waals surface area contributed by atoms with Crippen molar-refractivity contribution in [1.29, 1.82) is 0 Å². The molecule has 0 radical (unpaired) electrons. The minimum atomic E-state index is -0.997. The number of benzene rings is 1. The van der Waals surface area contributed by atoms with Gasteiger partial charge in [-0.3, -0.25) is 14.4 Å². The lowest BCUT2D eigenvalue weighted by molar-refractivity contribution is -0.139. The molecule has 2 amide bonds. The van der Waals surface area contributed by atoms with Crippen LogP contribution in [0.15, 0.2) is 18.2 Å². The van der Waals surface area contributed by atoms with E-state index in [-0.39, 0.29) is 5.69 Å². The van der Waals surface area contributed by atoms with E-state index in [1.807, 2.05) is 0 Å². The monoisotopic (exact) mass is 280 g/mol. The molecule has 1 aliphatic carbocycles. The number of hydrogen-bond acceptors (Lipinski definition) is 3. The third kappa shape index (κ3) is 3.11. The summed E-state index contributed by atoms with van der Waals surface area (Å²) in [7, 11) is 0. The van der Waals surface area contributed by atoms with Gasteiger partial charge in [-0.2, -0.15) is 0 Å². The SMILES string of the molecule is CC(=O)Nc1cc(NC(=O)[C@@H]2C[C@@H]2C(=O)O)ccc1F. The molecule has 0 aliphatic heterocycles. The predicted molar refractivity (Wildman–Crippen MR) is 68.6 cm³/mol. The molecule has 2 atom stereocenters. The largest absolute Gasteiger partial charge is 0.481 e. The van der Waals surface area contributed by atoms with Gasteiger partial charge in [0.2, 0.25) is 11.8 Å². The highest BCUT2D eigenvalue weighted by atomic mass is 19.1. The van der Waals surface area contributed by atoms with Crippen molar-refractivity contribution in [2.75, 3.05) is 10.6 Å². The number of carbonyl (C=O) groups excluding carboxylic acids is 2. The maximum Gasteiger partial charge on any atom is 0.307 e. The second-order valence-corrected chi connectivity index (χ2v) is 4.65. The van der Waals surface area contributed by atoms with Crippen LogP contribution >= 0.6 is 0 Å². The van der Waals surface area contributed by atoms with Gasteiger partial charge < -0.3 is 15.7 Å². The summed E-state index contributed by atoms with van der Waals surface area (Å²) < 4.78 is 13.4. The fourth-order valence-electron chi connectivity index (χ4n) is 1.88. The number of carboxylic acid groups (broad SMARTS) is 1. The van der Waals surface area contributed by atoms with Gasteiger partial charge in [0, 0.05) is 12.6 Å². The Kier molecular flexibility index (Phi) is 3.69. The standard InChI is InChI=1S/C13H13FN2O4/c1-6(17)15-11-4-7(2-3-10(11)14)16-12(18)8-5-9(8)13(19)20/h2-4,8-9H,5H2,1H3,(H,15,17)(H,16,18)(H,19,20)/t8-,9+/m1/s1. The third-order valence-corrected chi connectivity index (χ3v) is 2.99. The van der Waals surface area contributed by atoms with Crippen LogP contribution in [0.1, 0.15) is 13.3 Å². The number of anilines is 2. The van der Waals surface area contributed by atoms with Gasteiger partial charge in [0.25, 0.3) is 0 Å². The summed E-state index contributed by atoms with van der Waals surface area (Å²) in [5.74, 6) is -3.67. The summed E-state index contributed by atoms with van der Waals surface area (Å²) in [5, 5.41) is 13.5. The number of hydrogen-bond donors (Lipinski definition) is 3. The van der Waals surface area contributed by atoms with E-state index in [2.05, 4.69) is 10.6 Å². The molecule has 1 saturated carbocycles. The Morgan fingerprint density at radius 2 is 1.95 bits per heavy atom. The molecule has 2 rings (SSSR count). The van der Waals surface area contributed by atoms with Crippen LogP contribution in [0.4, 0.5) is 15.8 Å². The number of halogens is 1. The number of nitrogens with one attached hydrogen (secondary N) is 2. The van der Waals surface area contributed by atoms with E-state index < -0.39 is 35.4 Å². The quantitative estimate of drug-likeness (QED) is 0.777. The highest BCUT2D eigenvalue weighted by Crippen LogP contribution is 2.39. The minimum absolute atomic E-state index is 0.0409. The van der Waals surface area contributed by atoms with Gasteiger partial charge in [-0.1, -0.05) is 0 Å². The van der Waals surface area contributed by atoms with Crippen LogP contribution in [0.5, 0.6) is 0 Å². The average molecular weight is 280 g/mol. The van der Waals surface area contributed by atoms with Crippen LogP contribution in [0.2, 0.25) is 0 Å². The summed E-state index contributed by atoms with van der Waals surface area (Å²) in [6.45, 7) is 1.24. The molecule has 0 aromatic heterocycles. The summed E-state index contributed by atoms with van der Waals surface area (Å²) in [4.78, 5) is 33.3. The van der Waals surface area contributed by atoms with Gasteiger partial charge in [0.1, 0.15) is 5.82 Å². The average Bonchev–Trinajstić information content (AvgIpc) is 3.13. The molecule has 3 N–H and O–H groups in total. The highest BCUT2D eigenvalue weighted by Gasteiger charge is 2.48. The first-order valence-corrected chi connectivity index (χ1v) is 5.99. The van der Waals surface area contributed by atoms with Crippen molar-refractivity contribution in [1.82, 2.24) is 0 Å². The Labute approximate surface area is 114 Å². The zero-order valence-corrected chi connectivity index (χ0v) is 10.6. The molecule has 1 aromatic carbocycles. The molecular formula is C13H13FN2O4. The molecule has 0 saturated heterocycles. The van der Waals surface area contributed by atoms with Crippen molar-refractivity contribution in [3.8, 4) is 0 Å². The minimum Gasteiger partial charge on any atom is -0.481 e. The van der Waals surface area contributed by atoms with E-state index in [0.29, 0.717) is 12.1 Å². The Bertz CT molecular complexity index is 588. The lowest BCUT2D eigenvalue weighted by atomic mass is 10.2. The van der Waals surface area contributed by atoms with Gasteiger partial charge in [0.15, 0.2) is 0 Å². The molecule has 1 aliphatic rings. The Morgan fingerprint density at radius 1 is 1.25 bits per heavy atom. The van der Waals surface area contributed by atoms with E-state index in [4.69, 9.17) is 5.11 Å². The number of rotatable bonds is 4. The third-order valence-electron chi connectivity index (χ3n) is 2.99. The van der Waals surface area contributed by atoms with Crippen molar-refractivity contribution in [3.63, 3.8) is 0 Å². The molecule has 106 valence electrons. The molecule has 1 fully saturated rings. The van der Waals surface area contributed by atoms with Crippen molar-refractivity contribution in [3.05, 3.63) is 24.0 Å². The molecule has 0 unspecified atom stereocenters. The topological polar surface area (TPSA) is 95.5 Å². The first kappa shape index (κ1) is 14.0. The lowest BCUT2D eigenvalue weighted by Crippen LogP contribution is -2.17. The van der Waals surface area contributed by atoms with E-state index in [1.54, 1.807) is 0 Å². The summed E-state index contributed by atoms with van der Waals surface area (Å²) >= 11 is 0. The van der Waals surface area contributed by atoms with E-state index in [1.165, 1.54) is 19.1 Å². The van der Waals surface area contributed by atoms with Crippen LogP contribution in [0, 0.1) is 17.7 Å². The van der Waals surface area contributed by atoms with Gasteiger partial charge >= 0.3 is 5.97 Å². The molecule has 20 heavy (non-hydrogen) atoms. The Morgan fingerprint density at radius 3 is 2.50 bits per heavy atom. The fourth-order valence-corrected chi connectivity index (χ4v) is 1.88. The zero-order valence-electron chi connectivity index (χ0n) is 10.6. The smallest absolute Gasteiger partial charge is 0.307 e. The van der Waals surface area contributed by atoms with Crippen molar-refractivity contribution in [2.24, 2.45) is 11.8 Å². The fraction of sp³-hybridized carbons (Fsp3) is 0.308. The molecule has 1 aromatic rings. The molecule has 7 heteroatoms. The second-order valence-electron chi connectivity index (χ2n) is 4.65. The molecule has 0 heterocycles. The highest BCUT2D eigenvalue weighted by molar-refractivity contribution is 5.99. The zero-order chi connectivity index (χ0) is 14.9. The molecule has 6 nitrogen and oxygen atoms in total. The van der Waals surface area contributed by atoms with Gasteiger partial charge in [-0.05, 0) is 24.6 Å². The molecular weight excluding hydrogens is 267 g/mol. The van der Waals surface area contributed by atoms with Crippen molar-refractivity contribution >= 4 is 29.2 Å². The van der Waals surface area contributed by atoms with Crippen LogP contribution in [-0.2, 0) is 14.4 Å². The number of amides is 2. The van der Waals surface area contributed by atoms with Crippen LogP contribution < -0.4 is 10.6 Å². The van der Waals surface area contributed by atoms with Crippen LogP contribution in [0.25, 0.3) is 0 Å². The Balaban J connectivity index is 2.05. The van der Waals surface area contributed by atoms with Gasteiger partial charge in [0.05, 0.1) is 17.5 Å². The lowest BCUT2D eigenvalue weighted by Gasteiger charge is -2.08. The maximum absolute atomic E-state index is 13.4. The summed E-state index contributed by atoms with van der Waals surface area (Å²) in [5.41, 5.74) is 0.261. The van der Waals surface area contributed by atoms with Crippen molar-refractivity contribution in [2.45, 2.75) is 13.3 Å². The van der Waals surface area contributed by atoms with Gasteiger partial charge in [-0.25, -0.2) is 4.39 Å². The normalized spacial score (nSPS) is 20.1. The van der Waals surface area contributed by atoms with E-state index >= 15 is 0 Å². The first-order chi connectivity index (χ1) is 9.38.